The first-order valence-corrected chi connectivity index (χ1v) is 6.31. The summed E-state index contributed by atoms with van der Waals surface area (Å²) in [5.41, 5.74) is 0.760. The second-order valence-electron chi connectivity index (χ2n) is 3.17. The number of nitrogens with zero attached hydrogens (tertiary/aromatic N) is 3. The van der Waals surface area contributed by atoms with E-state index >= 15 is 0 Å². The molecule has 0 spiro atoms. The summed E-state index contributed by atoms with van der Waals surface area (Å²) in [5, 5.41) is 3.64. The largest absolute Gasteiger partial charge is 0.467 e. The summed E-state index contributed by atoms with van der Waals surface area (Å²) < 4.78 is 5.66. The molecule has 0 fully saturated rings. The van der Waals surface area contributed by atoms with Crippen LogP contribution in [-0.2, 0) is 0 Å². The number of rotatable bonds is 3. The lowest BCUT2D eigenvalue weighted by Gasteiger charge is -2.07. The molecule has 0 unspecified atom stereocenters. The van der Waals surface area contributed by atoms with E-state index in [2.05, 4.69) is 36.2 Å². The van der Waals surface area contributed by atoms with Crippen LogP contribution in [-0.4, -0.2) is 22.1 Å². The molecule has 0 saturated carbocycles. The minimum atomic E-state index is 0.0531. The van der Waals surface area contributed by atoms with Crippen LogP contribution in [0.1, 0.15) is 0 Å². The van der Waals surface area contributed by atoms with Gasteiger partial charge in [-0.3, -0.25) is 0 Å². The monoisotopic (exact) mass is 348 g/mol. The molecule has 0 amide bonds. The Kier molecular flexibility index (Phi) is 4.21. The molecule has 8 heteroatoms. The number of hydrogen-bond acceptors (Lipinski definition) is 5. The summed E-state index contributed by atoms with van der Waals surface area (Å²) in [6, 6.07) is 5.48. The highest BCUT2D eigenvalue weighted by molar-refractivity contribution is 9.10. The minimum absolute atomic E-state index is 0.0531. The second kappa shape index (κ2) is 5.69. The quantitative estimate of drug-likeness (QED) is 0.915. The number of ether oxygens (including phenoxy) is 1. The molecule has 18 heavy (non-hydrogen) atoms. The van der Waals surface area contributed by atoms with Crippen molar-refractivity contribution in [1.82, 2.24) is 15.0 Å². The third kappa shape index (κ3) is 3.22. The number of aromatic nitrogens is 3. The Morgan fingerprint density at radius 2 is 2.00 bits per heavy atom. The normalized spacial score (nSPS) is 10.2. The minimum Gasteiger partial charge on any atom is -0.467 e. The molecule has 1 heterocycles. The summed E-state index contributed by atoms with van der Waals surface area (Å²) >= 11 is 15.0. The zero-order valence-electron chi connectivity index (χ0n) is 9.12. The summed E-state index contributed by atoms with van der Waals surface area (Å²) in [6.45, 7) is 0. The molecule has 0 aliphatic rings. The van der Waals surface area contributed by atoms with Crippen molar-refractivity contribution in [2.75, 3.05) is 12.4 Å². The molecular formula is C10H7BrCl2N4O. The summed E-state index contributed by atoms with van der Waals surface area (Å²) in [7, 11) is 1.45. The first kappa shape index (κ1) is 13.3. The van der Waals surface area contributed by atoms with Crippen molar-refractivity contribution in [1.29, 1.82) is 0 Å². The number of halogens is 3. The van der Waals surface area contributed by atoms with Gasteiger partial charge in [-0.2, -0.15) is 15.0 Å². The fraction of sp³-hybridized carbons (Fsp3) is 0.100. The van der Waals surface area contributed by atoms with E-state index in [9.17, 15) is 0 Å². The molecule has 0 aliphatic heterocycles. The van der Waals surface area contributed by atoms with Crippen LogP contribution in [0.2, 0.25) is 10.3 Å². The third-order valence-corrected chi connectivity index (χ3v) is 3.33. The van der Waals surface area contributed by atoms with Crippen molar-refractivity contribution in [3.05, 3.63) is 33.0 Å². The molecule has 94 valence electrons. The topological polar surface area (TPSA) is 59.9 Å². The van der Waals surface area contributed by atoms with Crippen molar-refractivity contribution < 1.29 is 4.74 Å². The summed E-state index contributed by atoms with van der Waals surface area (Å²) in [6.07, 6.45) is 0. The number of hydrogen-bond donors (Lipinski definition) is 1. The molecule has 0 saturated heterocycles. The van der Waals surface area contributed by atoms with Crippen LogP contribution < -0.4 is 10.1 Å². The fourth-order valence-electron chi connectivity index (χ4n) is 1.18. The van der Waals surface area contributed by atoms with Gasteiger partial charge in [0, 0.05) is 10.2 Å². The molecule has 0 radical (unpaired) electrons. The Morgan fingerprint density at radius 1 is 1.22 bits per heavy atom. The lowest BCUT2D eigenvalue weighted by Crippen LogP contribution is -2.01. The average molecular weight is 350 g/mol. The first-order valence-electron chi connectivity index (χ1n) is 4.76. The zero-order chi connectivity index (χ0) is 13.1. The fourth-order valence-corrected chi connectivity index (χ4v) is 1.83. The van der Waals surface area contributed by atoms with Crippen molar-refractivity contribution in [3.63, 3.8) is 0 Å². The molecule has 1 N–H and O–H groups in total. The predicted octanol–water partition coefficient (Wildman–Crippen LogP) is 3.69. The second-order valence-corrected chi connectivity index (χ2v) is 4.77. The van der Waals surface area contributed by atoms with Crippen LogP contribution in [0.25, 0.3) is 0 Å². The summed E-state index contributed by atoms with van der Waals surface area (Å²) in [5.74, 6) is 0.293. The van der Waals surface area contributed by atoms with E-state index in [4.69, 9.17) is 27.9 Å². The Hall–Kier alpha value is -1.11. The molecule has 2 rings (SSSR count). The van der Waals surface area contributed by atoms with Crippen LogP contribution in [0.4, 0.5) is 11.6 Å². The highest BCUT2D eigenvalue weighted by atomic mass is 79.9. The molecule has 0 atom stereocenters. The number of benzene rings is 1. The van der Waals surface area contributed by atoms with E-state index < -0.39 is 0 Å². The van der Waals surface area contributed by atoms with Gasteiger partial charge in [0.15, 0.2) is 0 Å². The van der Waals surface area contributed by atoms with Gasteiger partial charge in [0.25, 0.3) is 0 Å². The Bertz CT molecular complexity index is 582. The predicted molar refractivity (Wildman–Crippen MR) is 73.8 cm³/mol. The maximum atomic E-state index is 5.90. The van der Waals surface area contributed by atoms with Gasteiger partial charge in [0.05, 0.1) is 12.1 Å². The maximum Gasteiger partial charge on any atom is 0.322 e. The van der Waals surface area contributed by atoms with Gasteiger partial charge in [-0.15, -0.1) is 0 Å². The van der Waals surface area contributed by atoms with Crippen LogP contribution in [0.5, 0.6) is 6.01 Å². The first-order chi connectivity index (χ1) is 8.58. The van der Waals surface area contributed by atoms with Gasteiger partial charge < -0.3 is 10.1 Å². The van der Waals surface area contributed by atoms with E-state index in [0.29, 0.717) is 11.0 Å². The van der Waals surface area contributed by atoms with E-state index in [1.54, 1.807) is 18.2 Å². The van der Waals surface area contributed by atoms with Gasteiger partial charge in [-0.1, -0.05) is 11.6 Å². The van der Waals surface area contributed by atoms with Crippen molar-refractivity contribution in [2.45, 2.75) is 0 Å². The van der Waals surface area contributed by atoms with E-state index in [1.165, 1.54) is 7.11 Å². The molecule has 0 bridgehead atoms. The van der Waals surface area contributed by atoms with Gasteiger partial charge in [-0.25, -0.2) is 0 Å². The van der Waals surface area contributed by atoms with Crippen molar-refractivity contribution in [3.8, 4) is 6.01 Å². The Balaban J connectivity index is 2.27. The van der Waals surface area contributed by atoms with Gasteiger partial charge >= 0.3 is 6.01 Å². The van der Waals surface area contributed by atoms with Crippen LogP contribution >= 0.6 is 39.1 Å². The highest BCUT2D eigenvalue weighted by Crippen LogP contribution is 2.27. The lowest BCUT2D eigenvalue weighted by molar-refractivity contribution is 0.379. The maximum absolute atomic E-state index is 5.90. The summed E-state index contributed by atoms with van der Waals surface area (Å²) in [4.78, 5) is 11.7. The van der Waals surface area contributed by atoms with Crippen LogP contribution in [0, 0.1) is 0 Å². The smallest absolute Gasteiger partial charge is 0.322 e. The number of nitrogens with one attached hydrogen (secondary N) is 1. The third-order valence-electron chi connectivity index (χ3n) is 1.95. The van der Waals surface area contributed by atoms with E-state index in [-0.39, 0.29) is 11.3 Å². The molecule has 1 aromatic heterocycles. The van der Waals surface area contributed by atoms with E-state index in [1.807, 2.05) is 0 Å². The lowest BCUT2D eigenvalue weighted by atomic mass is 10.3. The molecular weight excluding hydrogens is 343 g/mol. The number of methoxy groups -OCH3 is 1. The van der Waals surface area contributed by atoms with Crippen molar-refractivity contribution in [2.24, 2.45) is 0 Å². The molecule has 2 aromatic rings. The van der Waals surface area contributed by atoms with Crippen LogP contribution in [0.3, 0.4) is 0 Å². The van der Waals surface area contributed by atoms with E-state index in [0.717, 1.165) is 10.2 Å². The van der Waals surface area contributed by atoms with Gasteiger partial charge in [-0.05, 0) is 45.7 Å². The van der Waals surface area contributed by atoms with Gasteiger partial charge in [0.2, 0.25) is 11.2 Å². The Morgan fingerprint density at radius 3 is 2.67 bits per heavy atom. The molecule has 5 nitrogen and oxygen atoms in total. The van der Waals surface area contributed by atoms with Gasteiger partial charge in [0.1, 0.15) is 0 Å². The van der Waals surface area contributed by atoms with Crippen molar-refractivity contribution >= 4 is 50.8 Å². The standard InChI is InChI=1S/C10H7BrCl2N4O/c1-18-10-16-8(13)15-9(17-10)14-5-2-3-7(12)6(11)4-5/h2-4H,1H3,(H,14,15,16,17). The van der Waals surface area contributed by atoms with Crippen LogP contribution in [0.15, 0.2) is 22.7 Å². The molecule has 0 aliphatic carbocycles. The highest BCUT2D eigenvalue weighted by Gasteiger charge is 2.06. The Labute approximate surface area is 122 Å². The number of anilines is 2. The zero-order valence-corrected chi connectivity index (χ0v) is 12.2. The average Bonchev–Trinajstić information content (AvgIpc) is 2.33. The molecule has 1 aromatic carbocycles. The SMILES string of the molecule is COc1nc(Cl)nc(Nc2ccc(Cl)c(Br)c2)n1.